The lowest BCUT2D eigenvalue weighted by atomic mass is 10.0. The lowest BCUT2D eigenvalue weighted by Gasteiger charge is -2.27. The quantitative estimate of drug-likeness (QED) is 0.0205. The molecule has 0 heterocycles. The van der Waals surface area contributed by atoms with Gasteiger partial charge >= 0.3 is 13.8 Å². The van der Waals surface area contributed by atoms with Crippen molar-refractivity contribution in [2.75, 3.05) is 40.9 Å². The smallest absolute Gasteiger partial charge is 0.456 e. The number of carbonyl (C=O) groups excluding carboxylic acids is 2. The van der Waals surface area contributed by atoms with Crippen molar-refractivity contribution in [3.63, 3.8) is 0 Å². The fourth-order valence-electron chi connectivity index (χ4n) is 7.96. The minimum absolute atomic E-state index is 0.0242. The molecule has 0 aromatic rings. The van der Waals surface area contributed by atoms with Crippen molar-refractivity contribution >= 4 is 19.7 Å². The second-order valence-corrected chi connectivity index (χ2v) is 22.2. The van der Waals surface area contributed by atoms with Gasteiger partial charge in [-0.3, -0.25) is 18.6 Å². The number of phosphoric ester groups is 1. The molecule has 0 aliphatic carbocycles. The molecule has 1 amide bonds. The molecule has 0 aliphatic heterocycles. The first kappa shape index (κ1) is 69.9. The summed E-state index contributed by atoms with van der Waals surface area (Å²) < 4.78 is 30.6. The van der Waals surface area contributed by atoms with Crippen LogP contribution in [0.25, 0.3) is 0 Å². The van der Waals surface area contributed by atoms with Crippen LogP contribution in [0, 0.1) is 0 Å². The molecule has 0 spiro atoms. The van der Waals surface area contributed by atoms with Gasteiger partial charge in [0.25, 0.3) is 0 Å². The van der Waals surface area contributed by atoms with Crippen molar-refractivity contribution in [2.24, 2.45) is 0 Å². The Bertz CT molecular complexity index is 1570. The number of hydrogen-bond acceptors (Lipinski definition) is 6. The van der Waals surface area contributed by atoms with Crippen molar-refractivity contribution < 1.29 is 37.3 Å². The number of quaternary nitrogens is 1. The lowest BCUT2D eigenvalue weighted by molar-refractivity contribution is -0.870. The normalized spacial score (nSPS) is 14.5. The molecule has 0 saturated heterocycles. The predicted molar refractivity (Wildman–Crippen MR) is 314 cm³/mol. The van der Waals surface area contributed by atoms with Crippen LogP contribution in [0.5, 0.6) is 0 Å². The van der Waals surface area contributed by atoms with Gasteiger partial charge in [0.1, 0.15) is 19.3 Å². The van der Waals surface area contributed by atoms with Gasteiger partial charge in [0.15, 0.2) is 0 Å². The first-order chi connectivity index (χ1) is 35.4. The molecule has 73 heavy (non-hydrogen) atoms. The number of unbranched alkanes of at least 4 members (excludes halogenated alkanes) is 22. The molecule has 0 saturated carbocycles. The first-order valence-electron chi connectivity index (χ1n) is 29.6. The zero-order valence-electron chi connectivity index (χ0n) is 47.8. The average molecular weight is 1040 g/mol. The minimum Gasteiger partial charge on any atom is -0.456 e. The van der Waals surface area contributed by atoms with Gasteiger partial charge in [0, 0.05) is 12.8 Å². The molecular weight excluding hydrogens is 928 g/mol. The molecule has 0 fully saturated rings. The summed E-state index contributed by atoms with van der Waals surface area (Å²) in [5.41, 5.74) is 0. The fourth-order valence-corrected chi connectivity index (χ4v) is 8.70. The van der Waals surface area contributed by atoms with Crippen LogP contribution in [0.4, 0.5) is 0 Å². The van der Waals surface area contributed by atoms with E-state index in [4.69, 9.17) is 13.8 Å². The van der Waals surface area contributed by atoms with Gasteiger partial charge in [-0.2, -0.15) is 0 Å². The van der Waals surface area contributed by atoms with Crippen LogP contribution in [0.3, 0.4) is 0 Å². The van der Waals surface area contributed by atoms with E-state index in [0.717, 1.165) is 89.9 Å². The van der Waals surface area contributed by atoms with Crippen LogP contribution in [0.15, 0.2) is 97.2 Å². The van der Waals surface area contributed by atoms with E-state index in [9.17, 15) is 19.0 Å². The largest absolute Gasteiger partial charge is 0.472 e. The molecule has 0 bridgehead atoms. The topological polar surface area (TPSA) is 111 Å². The van der Waals surface area contributed by atoms with Crippen LogP contribution in [-0.4, -0.2) is 74.3 Å². The Morgan fingerprint density at radius 3 is 1.36 bits per heavy atom. The maximum absolute atomic E-state index is 13.5. The monoisotopic (exact) mass is 1040 g/mol. The number of allylic oxidation sites excluding steroid dienone is 15. The number of esters is 1. The number of nitrogens with one attached hydrogen (secondary N) is 1. The molecule has 0 aromatic heterocycles. The van der Waals surface area contributed by atoms with E-state index in [0.29, 0.717) is 23.9 Å². The zero-order valence-corrected chi connectivity index (χ0v) is 48.7. The van der Waals surface area contributed by atoms with Gasteiger partial charge in [0.05, 0.1) is 33.8 Å². The minimum atomic E-state index is -4.47. The SMILES string of the molecule is CC/C=C\C/C=C\C/C=C\C/C=C\C/C=C\C/C=C\CCC(=O)OC(/C=C/CCCCCCCCCCCCC)C(COP(=O)(O)OCC[N+](C)(C)C)NC(=O)CCCCCCCCC/C=C\CCCCCC. The van der Waals surface area contributed by atoms with Gasteiger partial charge in [-0.15, -0.1) is 0 Å². The van der Waals surface area contributed by atoms with Crippen LogP contribution < -0.4 is 5.32 Å². The van der Waals surface area contributed by atoms with E-state index < -0.39 is 25.9 Å². The summed E-state index contributed by atoms with van der Waals surface area (Å²) in [5.74, 6) is -0.612. The van der Waals surface area contributed by atoms with Crippen molar-refractivity contribution in [3.05, 3.63) is 97.2 Å². The zero-order chi connectivity index (χ0) is 53.6. The molecule has 0 rings (SSSR count). The molecule has 2 N–H and O–H groups in total. The number of phosphoric acid groups is 1. The van der Waals surface area contributed by atoms with Gasteiger partial charge in [-0.05, 0) is 96.0 Å². The molecular formula is C63H112N2O7P+. The Morgan fingerprint density at radius 1 is 0.493 bits per heavy atom. The Morgan fingerprint density at radius 2 is 0.890 bits per heavy atom. The van der Waals surface area contributed by atoms with Crippen molar-refractivity contribution in [1.82, 2.24) is 5.32 Å². The number of likely N-dealkylation sites (N-methyl/N-ethyl adjacent to an activating group) is 1. The number of ether oxygens (including phenoxy) is 1. The standard InChI is InChI=1S/C63H111N2O7P/c1-7-10-13-16-19-22-25-28-30-31-32-33-35-38-41-44-47-50-53-56-63(67)72-61(54-51-48-45-42-39-36-27-24-21-18-15-12-9-3)60(59-71-73(68,69)70-58-57-65(4,5)6)64-62(66)55-52-49-46-43-40-37-34-29-26-23-20-17-14-11-8-2/h10,13,19,22-23,26,28,30,32-33,38,41,47,50-51,54,60-61H,7-9,11-12,14-18,20-21,24-25,27,29,31,34-37,39-40,42-46,48-49,52-53,55-59H2,1-6H3,(H-,64,66,68,69)/p+1/b13-10-,22-19-,26-23-,30-28-,33-32-,41-38-,50-47-,54-51+. The van der Waals surface area contributed by atoms with E-state index in [1.807, 2.05) is 39.4 Å². The van der Waals surface area contributed by atoms with Crippen LogP contribution in [0.2, 0.25) is 0 Å². The summed E-state index contributed by atoms with van der Waals surface area (Å²) in [6, 6.07) is -0.885. The Labute approximate surface area is 449 Å². The van der Waals surface area contributed by atoms with Crippen LogP contribution in [-0.2, 0) is 27.9 Å². The third-order valence-corrected chi connectivity index (χ3v) is 13.5. The van der Waals surface area contributed by atoms with Gasteiger partial charge in [0.2, 0.25) is 5.91 Å². The molecule has 3 unspecified atom stereocenters. The number of amides is 1. The molecule has 0 aromatic carbocycles. The molecule has 3 atom stereocenters. The second kappa shape index (κ2) is 52.4. The third-order valence-electron chi connectivity index (χ3n) is 12.5. The molecule has 420 valence electrons. The highest BCUT2D eigenvalue weighted by Crippen LogP contribution is 2.43. The highest BCUT2D eigenvalue weighted by Gasteiger charge is 2.30. The Balaban J connectivity index is 5.48. The maximum Gasteiger partial charge on any atom is 0.472 e. The summed E-state index contributed by atoms with van der Waals surface area (Å²) in [6.07, 6.45) is 69.8. The number of rotatable bonds is 52. The second-order valence-electron chi connectivity index (χ2n) is 20.8. The van der Waals surface area contributed by atoms with Crippen molar-refractivity contribution in [2.45, 2.75) is 251 Å². The highest BCUT2D eigenvalue weighted by molar-refractivity contribution is 7.47. The average Bonchev–Trinajstić information content (AvgIpc) is 3.35. The summed E-state index contributed by atoms with van der Waals surface area (Å²) >= 11 is 0. The predicted octanol–water partition coefficient (Wildman–Crippen LogP) is 18.0. The van der Waals surface area contributed by atoms with E-state index in [1.54, 1.807) is 0 Å². The van der Waals surface area contributed by atoms with Crippen LogP contribution >= 0.6 is 7.82 Å². The number of carbonyl (C=O) groups is 2. The highest BCUT2D eigenvalue weighted by atomic mass is 31.2. The van der Waals surface area contributed by atoms with Crippen molar-refractivity contribution in [3.8, 4) is 0 Å². The summed E-state index contributed by atoms with van der Waals surface area (Å²) in [4.78, 5) is 37.6. The summed E-state index contributed by atoms with van der Waals surface area (Å²) in [7, 11) is 1.44. The summed E-state index contributed by atoms with van der Waals surface area (Å²) in [5, 5.41) is 3.03. The van der Waals surface area contributed by atoms with E-state index in [2.05, 4.69) is 105 Å². The van der Waals surface area contributed by atoms with Gasteiger partial charge < -0.3 is 19.4 Å². The number of hydrogen-bond donors (Lipinski definition) is 2. The Kier molecular flexibility index (Phi) is 50.2. The molecule has 0 aliphatic rings. The Hall–Kier alpha value is -3.07. The van der Waals surface area contributed by atoms with Gasteiger partial charge in [-0.25, -0.2) is 4.57 Å². The lowest BCUT2D eigenvalue weighted by Crippen LogP contribution is -2.47. The molecule has 0 radical (unpaired) electrons. The number of nitrogens with zero attached hydrogens (tertiary/aromatic N) is 1. The van der Waals surface area contributed by atoms with E-state index in [-0.39, 0.29) is 25.5 Å². The third kappa shape index (κ3) is 53.6. The van der Waals surface area contributed by atoms with Gasteiger partial charge in [-0.1, -0.05) is 227 Å². The first-order valence-corrected chi connectivity index (χ1v) is 31.1. The van der Waals surface area contributed by atoms with E-state index >= 15 is 0 Å². The molecule has 9 nitrogen and oxygen atoms in total. The van der Waals surface area contributed by atoms with E-state index in [1.165, 1.54) is 109 Å². The van der Waals surface area contributed by atoms with Crippen molar-refractivity contribution in [1.29, 1.82) is 0 Å². The fraction of sp³-hybridized carbons (Fsp3) is 0.714. The van der Waals surface area contributed by atoms with Crippen LogP contribution in [0.1, 0.15) is 239 Å². The maximum atomic E-state index is 13.5. The molecule has 10 heteroatoms. The summed E-state index contributed by atoms with van der Waals surface area (Å²) in [6.45, 7) is 6.83.